The summed E-state index contributed by atoms with van der Waals surface area (Å²) in [4.78, 5) is 12.8. The number of carboxylic acids is 1. The third-order valence-corrected chi connectivity index (χ3v) is 3.24. The fourth-order valence-corrected chi connectivity index (χ4v) is 2.47. The second-order valence-electron chi connectivity index (χ2n) is 4.29. The SMILES string of the molecule is CCN(Cc1cc(Cl)cc(Cl)c1)C(C)CC(=O)O. The number of hydrogen-bond donors (Lipinski definition) is 1. The van der Waals surface area contributed by atoms with Crippen LogP contribution in [0.3, 0.4) is 0 Å². The second-order valence-corrected chi connectivity index (χ2v) is 5.16. The van der Waals surface area contributed by atoms with Crippen LogP contribution in [0.5, 0.6) is 0 Å². The maximum Gasteiger partial charge on any atom is 0.304 e. The molecule has 0 aromatic heterocycles. The average molecular weight is 290 g/mol. The fraction of sp³-hybridized carbons (Fsp3) is 0.462. The summed E-state index contributed by atoms with van der Waals surface area (Å²) in [6.07, 6.45) is 0.127. The van der Waals surface area contributed by atoms with E-state index in [0.717, 1.165) is 12.1 Å². The zero-order valence-corrected chi connectivity index (χ0v) is 12.0. The van der Waals surface area contributed by atoms with Crippen molar-refractivity contribution in [1.29, 1.82) is 0 Å². The highest BCUT2D eigenvalue weighted by Gasteiger charge is 2.16. The molecule has 1 unspecified atom stereocenters. The highest BCUT2D eigenvalue weighted by Crippen LogP contribution is 2.21. The first kappa shape index (κ1) is 15.3. The number of nitrogens with zero attached hydrogens (tertiary/aromatic N) is 1. The lowest BCUT2D eigenvalue weighted by molar-refractivity contribution is -0.138. The smallest absolute Gasteiger partial charge is 0.304 e. The van der Waals surface area contributed by atoms with Gasteiger partial charge in [-0.2, -0.15) is 0 Å². The molecule has 0 aliphatic heterocycles. The van der Waals surface area contributed by atoms with Crippen LogP contribution >= 0.6 is 23.2 Å². The van der Waals surface area contributed by atoms with Crippen LogP contribution in [-0.4, -0.2) is 28.6 Å². The van der Waals surface area contributed by atoms with Crippen molar-refractivity contribution in [2.45, 2.75) is 32.9 Å². The van der Waals surface area contributed by atoms with E-state index in [4.69, 9.17) is 28.3 Å². The molecule has 1 aromatic rings. The van der Waals surface area contributed by atoms with Gasteiger partial charge in [-0.25, -0.2) is 0 Å². The van der Waals surface area contributed by atoms with Crippen LogP contribution in [0.4, 0.5) is 0 Å². The van der Waals surface area contributed by atoms with Gasteiger partial charge < -0.3 is 5.11 Å². The van der Waals surface area contributed by atoms with Gasteiger partial charge in [0.15, 0.2) is 0 Å². The van der Waals surface area contributed by atoms with Gasteiger partial charge in [0.1, 0.15) is 0 Å². The van der Waals surface area contributed by atoms with Crippen molar-refractivity contribution in [2.75, 3.05) is 6.54 Å². The molecular formula is C13H17Cl2NO2. The highest BCUT2D eigenvalue weighted by molar-refractivity contribution is 6.34. The fourth-order valence-electron chi connectivity index (χ4n) is 1.90. The molecule has 5 heteroatoms. The first-order valence-corrected chi connectivity index (χ1v) is 6.58. The van der Waals surface area contributed by atoms with Crippen molar-refractivity contribution in [1.82, 2.24) is 4.90 Å². The van der Waals surface area contributed by atoms with Crippen LogP contribution in [0.15, 0.2) is 18.2 Å². The molecule has 0 radical (unpaired) electrons. The Morgan fingerprint density at radius 1 is 1.33 bits per heavy atom. The summed E-state index contributed by atoms with van der Waals surface area (Å²) in [6.45, 7) is 5.33. The van der Waals surface area contributed by atoms with Crippen molar-refractivity contribution in [2.24, 2.45) is 0 Å². The Kier molecular flexibility index (Phi) is 5.93. The maximum absolute atomic E-state index is 10.7. The van der Waals surface area contributed by atoms with Crippen LogP contribution in [0.2, 0.25) is 10.0 Å². The highest BCUT2D eigenvalue weighted by atomic mass is 35.5. The van der Waals surface area contributed by atoms with Crippen molar-refractivity contribution in [3.63, 3.8) is 0 Å². The van der Waals surface area contributed by atoms with Gasteiger partial charge in [0.05, 0.1) is 6.42 Å². The van der Waals surface area contributed by atoms with Crippen LogP contribution in [0, 0.1) is 0 Å². The summed E-state index contributed by atoms with van der Waals surface area (Å²) in [5, 5.41) is 10.0. The molecule has 0 saturated heterocycles. The lowest BCUT2D eigenvalue weighted by Crippen LogP contribution is -2.34. The number of carboxylic acid groups (broad SMARTS) is 1. The molecule has 3 nitrogen and oxygen atoms in total. The molecule has 1 rings (SSSR count). The number of hydrogen-bond acceptors (Lipinski definition) is 2. The number of benzene rings is 1. The van der Waals surface area contributed by atoms with E-state index in [1.165, 1.54) is 0 Å². The Balaban J connectivity index is 2.75. The third-order valence-electron chi connectivity index (χ3n) is 2.81. The minimum atomic E-state index is -0.787. The van der Waals surface area contributed by atoms with Crippen molar-refractivity contribution >= 4 is 29.2 Å². The molecule has 1 atom stereocenters. The predicted octanol–water partition coefficient (Wildman–Crippen LogP) is 3.68. The van der Waals surface area contributed by atoms with Gasteiger partial charge in [-0.05, 0) is 37.2 Å². The van der Waals surface area contributed by atoms with E-state index in [2.05, 4.69) is 4.90 Å². The lowest BCUT2D eigenvalue weighted by Gasteiger charge is -2.26. The molecule has 0 aliphatic rings. The maximum atomic E-state index is 10.7. The Morgan fingerprint density at radius 2 is 1.89 bits per heavy atom. The largest absolute Gasteiger partial charge is 0.481 e. The Bertz CT molecular complexity index is 403. The Morgan fingerprint density at radius 3 is 2.33 bits per heavy atom. The summed E-state index contributed by atoms with van der Waals surface area (Å²) in [6, 6.07) is 5.36. The first-order chi connectivity index (χ1) is 8.42. The molecular weight excluding hydrogens is 273 g/mol. The van der Waals surface area contributed by atoms with E-state index in [0.29, 0.717) is 16.6 Å². The normalized spacial score (nSPS) is 12.7. The van der Waals surface area contributed by atoms with Crippen LogP contribution < -0.4 is 0 Å². The molecule has 1 N–H and O–H groups in total. The standard InChI is InChI=1S/C13H17Cl2NO2/c1-3-16(9(2)4-13(17)18)8-10-5-11(14)7-12(15)6-10/h5-7,9H,3-4,8H2,1-2H3,(H,17,18). The summed E-state index contributed by atoms with van der Waals surface area (Å²) in [5.41, 5.74) is 0.992. The number of rotatable bonds is 6. The van der Waals surface area contributed by atoms with Gasteiger partial charge in [-0.15, -0.1) is 0 Å². The summed E-state index contributed by atoms with van der Waals surface area (Å²) in [5.74, 6) is -0.787. The topological polar surface area (TPSA) is 40.5 Å². The van der Waals surface area contributed by atoms with E-state index in [-0.39, 0.29) is 12.5 Å². The predicted molar refractivity (Wildman–Crippen MR) is 74.3 cm³/mol. The Labute approximate surface area is 117 Å². The van der Waals surface area contributed by atoms with Gasteiger partial charge in [-0.3, -0.25) is 9.69 Å². The number of aliphatic carboxylic acids is 1. The molecule has 1 aromatic carbocycles. The van der Waals surface area contributed by atoms with E-state index < -0.39 is 5.97 Å². The summed E-state index contributed by atoms with van der Waals surface area (Å²) in [7, 11) is 0. The molecule has 0 heterocycles. The quantitative estimate of drug-likeness (QED) is 0.868. The van der Waals surface area contributed by atoms with Gasteiger partial charge >= 0.3 is 5.97 Å². The van der Waals surface area contributed by atoms with E-state index in [9.17, 15) is 4.79 Å². The van der Waals surface area contributed by atoms with Crippen molar-refractivity contribution in [3.8, 4) is 0 Å². The van der Waals surface area contributed by atoms with Crippen LogP contribution in [-0.2, 0) is 11.3 Å². The van der Waals surface area contributed by atoms with Gasteiger partial charge in [-0.1, -0.05) is 30.1 Å². The molecule has 0 aliphatic carbocycles. The van der Waals surface area contributed by atoms with E-state index in [1.54, 1.807) is 6.07 Å². The van der Waals surface area contributed by atoms with Gasteiger partial charge in [0.25, 0.3) is 0 Å². The first-order valence-electron chi connectivity index (χ1n) is 5.83. The zero-order chi connectivity index (χ0) is 13.7. The average Bonchev–Trinajstić information content (AvgIpc) is 2.23. The second kappa shape index (κ2) is 6.98. The number of halogens is 2. The van der Waals surface area contributed by atoms with Crippen molar-refractivity contribution < 1.29 is 9.90 Å². The van der Waals surface area contributed by atoms with Gasteiger partial charge in [0.2, 0.25) is 0 Å². The molecule has 100 valence electrons. The van der Waals surface area contributed by atoms with E-state index in [1.807, 2.05) is 26.0 Å². The summed E-state index contributed by atoms with van der Waals surface area (Å²) < 4.78 is 0. The lowest BCUT2D eigenvalue weighted by atomic mass is 10.1. The molecule has 0 amide bonds. The minimum absolute atomic E-state index is 0.0229. The Hall–Kier alpha value is -0.770. The van der Waals surface area contributed by atoms with Gasteiger partial charge in [0, 0.05) is 22.6 Å². The van der Waals surface area contributed by atoms with E-state index >= 15 is 0 Å². The minimum Gasteiger partial charge on any atom is -0.481 e. The molecule has 0 bridgehead atoms. The molecule has 0 saturated carbocycles. The number of carbonyl (C=O) groups is 1. The molecule has 18 heavy (non-hydrogen) atoms. The molecule has 0 fully saturated rings. The third kappa shape index (κ3) is 4.84. The summed E-state index contributed by atoms with van der Waals surface area (Å²) >= 11 is 11.9. The zero-order valence-electron chi connectivity index (χ0n) is 10.5. The van der Waals surface area contributed by atoms with Crippen LogP contribution in [0.1, 0.15) is 25.8 Å². The van der Waals surface area contributed by atoms with Crippen LogP contribution in [0.25, 0.3) is 0 Å². The molecule has 0 spiro atoms. The van der Waals surface area contributed by atoms with Crippen molar-refractivity contribution in [3.05, 3.63) is 33.8 Å². The monoisotopic (exact) mass is 289 g/mol.